The second kappa shape index (κ2) is 8.81. The molecule has 0 radical (unpaired) electrons. The number of Topliss-reactive ketones (excluding diaryl/α,β-unsaturated/α-hetero) is 1. The SMILES string of the molecule is CCOC(=O)C(C(=O)OCC)C1C(=O)CC/C1=C(/Cl)c1ccccc1. The zero-order chi connectivity index (χ0) is 18.4. The van der Waals surface area contributed by atoms with Crippen LogP contribution in [0.2, 0.25) is 0 Å². The van der Waals surface area contributed by atoms with E-state index in [9.17, 15) is 14.4 Å². The van der Waals surface area contributed by atoms with E-state index in [1.165, 1.54) is 0 Å². The van der Waals surface area contributed by atoms with Crippen molar-refractivity contribution in [1.29, 1.82) is 0 Å². The third-order valence-corrected chi connectivity index (χ3v) is 4.55. The van der Waals surface area contributed by atoms with Crippen LogP contribution < -0.4 is 0 Å². The number of halogens is 1. The van der Waals surface area contributed by atoms with Crippen LogP contribution in [-0.4, -0.2) is 30.9 Å². The first-order chi connectivity index (χ1) is 12.0. The fourth-order valence-corrected chi connectivity index (χ4v) is 3.34. The minimum Gasteiger partial charge on any atom is -0.465 e. The van der Waals surface area contributed by atoms with Gasteiger partial charge in [-0.3, -0.25) is 14.4 Å². The van der Waals surface area contributed by atoms with Gasteiger partial charge >= 0.3 is 11.9 Å². The monoisotopic (exact) mass is 364 g/mol. The fourth-order valence-electron chi connectivity index (χ4n) is 3.00. The van der Waals surface area contributed by atoms with Crippen LogP contribution >= 0.6 is 11.6 Å². The van der Waals surface area contributed by atoms with E-state index in [-0.39, 0.29) is 25.4 Å². The smallest absolute Gasteiger partial charge is 0.321 e. The Hall–Kier alpha value is -2.14. The van der Waals surface area contributed by atoms with Gasteiger partial charge in [0, 0.05) is 11.5 Å². The number of benzene rings is 1. The molecule has 2 rings (SSSR count). The number of carbonyl (C=O) groups excluding carboxylic acids is 3. The summed E-state index contributed by atoms with van der Waals surface area (Å²) in [6.07, 6.45) is 0.644. The Bertz CT molecular complexity index is 662. The molecule has 0 saturated heterocycles. The van der Waals surface area contributed by atoms with Gasteiger partial charge in [0.05, 0.1) is 19.1 Å². The quantitative estimate of drug-likeness (QED) is 0.571. The van der Waals surface area contributed by atoms with Crippen LogP contribution in [0.4, 0.5) is 0 Å². The summed E-state index contributed by atoms with van der Waals surface area (Å²) in [6.45, 7) is 3.51. The Balaban J connectivity index is 2.47. The van der Waals surface area contributed by atoms with Gasteiger partial charge in [0.2, 0.25) is 0 Å². The normalized spacial score (nSPS) is 19.0. The van der Waals surface area contributed by atoms with Gasteiger partial charge in [-0.2, -0.15) is 0 Å². The standard InChI is InChI=1S/C19H21ClO5/c1-3-24-18(22)16(19(23)25-4-2)15-13(10-11-14(15)21)17(20)12-8-6-5-7-9-12/h5-9,15-16H,3-4,10-11H2,1-2H3/b17-13-. The van der Waals surface area contributed by atoms with E-state index in [1.54, 1.807) is 13.8 Å². The van der Waals surface area contributed by atoms with Crippen molar-refractivity contribution in [2.45, 2.75) is 26.7 Å². The average Bonchev–Trinajstić information content (AvgIpc) is 2.97. The Morgan fingerprint density at radius 3 is 2.16 bits per heavy atom. The highest BCUT2D eigenvalue weighted by Crippen LogP contribution is 2.41. The first kappa shape index (κ1) is 19.2. The highest BCUT2D eigenvalue weighted by Gasteiger charge is 2.46. The van der Waals surface area contributed by atoms with E-state index < -0.39 is 23.8 Å². The first-order valence-electron chi connectivity index (χ1n) is 8.31. The maximum absolute atomic E-state index is 12.5. The molecular weight excluding hydrogens is 344 g/mol. The van der Waals surface area contributed by atoms with Gasteiger partial charge in [-0.15, -0.1) is 0 Å². The molecule has 5 nitrogen and oxygen atoms in total. The molecule has 1 saturated carbocycles. The molecule has 1 aliphatic carbocycles. The van der Waals surface area contributed by atoms with E-state index in [0.717, 1.165) is 5.56 Å². The first-order valence-corrected chi connectivity index (χ1v) is 8.68. The van der Waals surface area contributed by atoms with Crippen molar-refractivity contribution >= 4 is 34.4 Å². The van der Waals surface area contributed by atoms with Crippen LogP contribution in [0, 0.1) is 11.8 Å². The Morgan fingerprint density at radius 2 is 1.64 bits per heavy atom. The topological polar surface area (TPSA) is 69.7 Å². The largest absolute Gasteiger partial charge is 0.465 e. The molecule has 0 aliphatic heterocycles. The van der Waals surface area contributed by atoms with Crippen LogP contribution in [0.5, 0.6) is 0 Å². The van der Waals surface area contributed by atoms with Crippen molar-refractivity contribution in [3.05, 3.63) is 41.5 Å². The highest BCUT2D eigenvalue weighted by molar-refractivity contribution is 6.49. The summed E-state index contributed by atoms with van der Waals surface area (Å²) in [4.78, 5) is 37.2. The second-order valence-corrected chi connectivity index (χ2v) is 6.01. The molecule has 134 valence electrons. The fraction of sp³-hybridized carbons (Fsp3) is 0.421. The van der Waals surface area contributed by atoms with Crippen LogP contribution in [0.25, 0.3) is 5.03 Å². The van der Waals surface area contributed by atoms with Crippen molar-refractivity contribution < 1.29 is 23.9 Å². The van der Waals surface area contributed by atoms with Crippen molar-refractivity contribution in [1.82, 2.24) is 0 Å². The lowest BCUT2D eigenvalue weighted by molar-refractivity contribution is -0.165. The molecule has 1 aromatic rings. The molecule has 1 atom stereocenters. The molecule has 6 heteroatoms. The van der Waals surface area contributed by atoms with E-state index in [4.69, 9.17) is 21.1 Å². The molecule has 1 aromatic carbocycles. The number of esters is 2. The van der Waals surface area contributed by atoms with Crippen LogP contribution in [0.15, 0.2) is 35.9 Å². The summed E-state index contributed by atoms with van der Waals surface area (Å²) < 4.78 is 10.0. The van der Waals surface area contributed by atoms with Crippen molar-refractivity contribution in [2.75, 3.05) is 13.2 Å². The highest BCUT2D eigenvalue weighted by atomic mass is 35.5. The number of ether oxygens (including phenoxy) is 2. The molecule has 0 bridgehead atoms. The molecule has 0 aromatic heterocycles. The summed E-state index contributed by atoms with van der Waals surface area (Å²) in [6, 6.07) is 9.16. The van der Waals surface area contributed by atoms with E-state index in [1.807, 2.05) is 30.3 Å². The van der Waals surface area contributed by atoms with Gasteiger partial charge < -0.3 is 9.47 Å². The van der Waals surface area contributed by atoms with Crippen LogP contribution in [-0.2, 0) is 23.9 Å². The maximum atomic E-state index is 12.5. The molecule has 0 amide bonds. The number of allylic oxidation sites excluding steroid dienone is 1. The van der Waals surface area contributed by atoms with E-state index >= 15 is 0 Å². The second-order valence-electron chi connectivity index (χ2n) is 5.63. The zero-order valence-corrected chi connectivity index (χ0v) is 15.0. The van der Waals surface area contributed by atoms with Gasteiger partial charge in [0.15, 0.2) is 5.92 Å². The number of rotatable bonds is 6. The third kappa shape index (κ3) is 4.28. The molecule has 0 N–H and O–H groups in total. The minimum absolute atomic E-state index is 0.112. The maximum Gasteiger partial charge on any atom is 0.321 e. The van der Waals surface area contributed by atoms with Gasteiger partial charge in [-0.25, -0.2) is 0 Å². The van der Waals surface area contributed by atoms with Crippen LogP contribution in [0.1, 0.15) is 32.3 Å². The van der Waals surface area contributed by atoms with Crippen LogP contribution in [0.3, 0.4) is 0 Å². The van der Waals surface area contributed by atoms with E-state index in [0.29, 0.717) is 17.0 Å². The lowest BCUT2D eigenvalue weighted by Crippen LogP contribution is -2.37. The lowest BCUT2D eigenvalue weighted by atomic mass is 9.86. The summed E-state index contributed by atoms with van der Waals surface area (Å²) in [7, 11) is 0. The van der Waals surface area contributed by atoms with Gasteiger partial charge in [-0.1, -0.05) is 41.9 Å². The molecule has 1 fully saturated rings. The predicted octanol–water partition coefficient (Wildman–Crippen LogP) is 3.36. The molecule has 1 aliphatic rings. The Morgan fingerprint density at radius 1 is 1.08 bits per heavy atom. The van der Waals surface area contributed by atoms with Gasteiger partial charge in [0.25, 0.3) is 0 Å². The zero-order valence-electron chi connectivity index (χ0n) is 14.3. The molecule has 1 unspecified atom stereocenters. The summed E-state index contributed by atoms with van der Waals surface area (Å²) >= 11 is 6.50. The summed E-state index contributed by atoms with van der Waals surface area (Å²) in [5.74, 6) is -3.96. The van der Waals surface area contributed by atoms with Crippen molar-refractivity contribution in [3.8, 4) is 0 Å². The number of ketones is 1. The number of hydrogen-bond acceptors (Lipinski definition) is 5. The number of carbonyl (C=O) groups is 3. The Kier molecular flexibility index (Phi) is 6.76. The third-order valence-electron chi connectivity index (χ3n) is 4.09. The van der Waals surface area contributed by atoms with Gasteiger partial charge in [-0.05, 0) is 31.4 Å². The molecular formula is C19H21ClO5. The Labute approximate surface area is 151 Å². The summed E-state index contributed by atoms with van der Waals surface area (Å²) in [5, 5.41) is 0.398. The average molecular weight is 365 g/mol. The lowest BCUT2D eigenvalue weighted by Gasteiger charge is -2.21. The molecule has 25 heavy (non-hydrogen) atoms. The number of hydrogen-bond donors (Lipinski definition) is 0. The van der Waals surface area contributed by atoms with Crippen molar-refractivity contribution in [2.24, 2.45) is 11.8 Å². The predicted molar refractivity (Wildman–Crippen MR) is 93.7 cm³/mol. The van der Waals surface area contributed by atoms with E-state index in [2.05, 4.69) is 0 Å². The summed E-state index contributed by atoms with van der Waals surface area (Å²) in [5.41, 5.74) is 1.33. The molecule has 0 heterocycles. The minimum atomic E-state index is -1.32. The van der Waals surface area contributed by atoms with Gasteiger partial charge in [0.1, 0.15) is 5.78 Å². The van der Waals surface area contributed by atoms with Crippen molar-refractivity contribution in [3.63, 3.8) is 0 Å². The molecule has 0 spiro atoms.